The van der Waals surface area contributed by atoms with E-state index in [-0.39, 0.29) is 11.9 Å². The van der Waals surface area contributed by atoms with Gasteiger partial charge in [-0.2, -0.15) is 0 Å². The van der Waals surface area contributed by atoms with Crippen molar-refractivity contribution in [1.29, 1.82) is 0 Å². The molecule has 0 heterocycles. The zero-order valence-electron chi connectivity index (χ0n) is 15.6. The third kappa shape index (κ3) is 4.57. The van der Waals surface area contributed by atoms with Gasteiger partial charge < -0.3 is 19.5 Å². The molecule has 0 aliphatic carbocycles. The van der Waals surface area contributed by atoms with Gasteiger partial charge in [-0.1, -0.05) is 37.3 Å². The summed E-state index contributed by atoms with van der Waals surface area (Å²) in [6.45, 7) is 2.04. The van der Waals surface area contributed by atoms with Crippen molar-refractivity contribution in [3.8, 4) is 17.2 Å². The highest BCUT2D eigenvalue weighted by atomic mass is 16.5. The molecule has 0 aliphatic rings. The fourth-order valence-electron chi connectivity index (χ4n) is 2.75. The summed E-state index contributed by atoms with van der Waals surface area (Å²) in [5.41, 5.74) is 1.81. The molecule has 0 aromatic heterocycles. The van der Waals surface area contributed by atoms with Crippen molar-refractivity contribution >= 4 is 12.0 Å². The van der Waals surface area contributed by atoms with Crippen molar-refractivity contribution in [2.24, 2.45) is 0 Å². The van der Waals surface area contributed by atoms with E-state index in [4.69, 9.17) is 14.2 Å². The molecule has 138 valence electrons. The van der Waals surface area contributed by atoms with Gasteiger partial charge in [0, 0.05) is 11.6 Å². The average Bonchev–Trinajstić information content (AvgIpc) is 2.70. The van der Waals surface area contributed by atoms with Crippen LogP contribution in [-0.4, -0.2) is 27.2 Å². The molecule has 1 N–H and O–H groups in total. The van der Waals surface area contributed by atoms with Crippen LogP contribution in [0.25, 0.3) is 6.08 Å². The van der Waals surface area contributed by atoms with E-state index < -0.39 is 0 Å². The fourth-order valence-corrected chi connectivity index (χ4v) is 2.75. The Morgan fingerprint density at radius 1 is 1.00 bits per heavy atom. The maximum atomic E-state index is 12.3. The van der Waals surface area contributed by atoms with E-state index in [0.29, 0.717) is 17.2 Å². The topological polar surface area (TPSA) is 56.8 Å². The number of carbonyl (C=O) groups excluding carboxylic acids is 1. The Labute approximate surface area is 154 Å². The highest BCUT2D eigenvalue weighted by Gasteiger charge is 2.15. The summed E-state index contributed by atoms with van der Waals surface area (Å²) in [5, 5.41) is 3.02. The molecule has 0 radical (unpaired) electrons. The summed E-state index contributed by atoms with van der Waals surface area (Å²) < 4.78 is 16.1. The Hall–Kier alpha value is -2.95. The van der Waals surface area contributed by atoms with Crippen LogP contribution in [0.1, 0.15) is 30.5 Å². The third-order valence-corrected chi connectivity index (χ3v) is 4.08. The van der Waals surface area contributed by atoms with Crippen molar-refractivity contribution in [3.63, 3.8) is 0 Å². The van der Waals surface area contributed by atoms with Crippen LogP contribution in [-0.2, 0) is 4.79 Å². The Morgan fingerprint density at radius 2 is 1.69 bits per heavy atom. The monoisotopic (exact) mass is 355 g/mol. The molecular formula is C21H25NO4. The second-order valence-corrected chi connectivity index (χ2v) is 5.64. The van der Waals surface area contributed by atoms with Gasteiger partial charge in [-0.3, -0.25) is 4.79 Å². The molecule has 2 rings (SSSR count). The van der Waals surface area contributed by atoms with Gasteiger partial charge in [0.1, 0.15) is 0 Å². The first-order chi connectivity index (χ1) is 12.6. The van der Waals surface area contributed by atoms with Gasteiger partial charge in [0.2, 0.25) is 11.7 Å². The maximum absolute atomic E-state index is 12.3. The number of nitrogens with one attached hydrogen (secondary N) is 1. The zero-order valence-corrected chi connectivity index (χ0v) is 15.6. The van der Waals surface area contributed by atoms with Crippen molar-refractivity contribution in [1.82, 2.24) is 5.32 Å². The first kappa shape index (κ1) is 19.4. The van der Waals surface area contributed by atoms with Crippen molar-refractivity contribution in [3.05, 3.63) is 59.7 Å². The molecular weight excluding hydrogens is 330 g/mol. The molecule has 2 aromatic rings. The molecule has 2 aromatic carbocycles. The lowest BCUT2D eigenvalue weighted by Crippen LogP contribution is -2.26. The highest BCUT2D eigenvalue weighted by Crippen LogP contribution is 2.40. The smallest absolute Gasteiger partial charge is 0.244 e. The molecule has 1 amide bonds. The quantitative estimate of drug-likeness (QED) is 0.728. The Kier molecular flexibility index (Phi) is 7.09. The summed E-state index contributed by atoms with van der Waals surface area (Å²) in [6.07, 6.45) is 4.01. The Morgan fingerprint density at radius 3 is 2.27 bits per heavy atom. The second-order valence-electron chi connectivity index (χ2n) is 5.64. The van der Waals surface area contributed by atoms with E-state index in [2.05, 4.69) is 5.32 Å². The van der Waals surface area contributed by atoms with Crippen LogP contribution >= 0.6 is 0 Å². The zero-order chi connectivity index (χ0) is 18.9. The molecule has 0 aliphatic heterocycles. The van der Waals surface area contributed by atoms with Crippen LogP contribution in [0.3, 0.4) is 0 Å². The number of carbonyl (C=O) groups is 1. The summed E-state index contributed by atoms with van der Waals surface area (Å²) in [4.78, 5) is 12.3. The van der Waals surface area contributed by atoms with E-state index in [0.717, 1.165) is 17.5 Å². The number of hydrogen-bond donors (Lipinski definition) is 1. The molecule has 0 saturated carbocycles. The highest BCUT2D eigenvalue weighted by molar-refractivity contribution is 5.92. The SMILES string of the molecule is CCC(NC(=O)/C=C/c1ccc(OC)c(OC)c1OC)c1ccccc1. The molecule has 0 fully saturated rings. The third-order valence-electron chi connectivity index (χ3n) is 4.08. The van der Waals surface area contributed by atoms with Gasteiger partial charge in [0.15, 0.2) is 11.5 Å². The van der Waals surface area contributed by atoms with Crippen LogP contribution in [0.2, 0.25) is 0 Å². The fraction of sp³-hybridized carbons (Fsp3) is 0.286. The van der Waals surface area contributed by atoms with Crippen LogP contribution in [0.4, 0.5) is 0 Å². The van der Waals surface area contributed by atoms with Crippen molar-refractivity contribution in [2.45, 2.75) is 19.4 Å². The maximum Gasteiger partial charge on any atom is 0.244 e. The largest absolute Gasteiger partial charge is 0.493 e. The summed E-state index contributed by atoms with van der Waals surface area (Å²) in [6, 6.07) is 13.5. The normalized spacial score (nSPS) is 11.8. The van der Waals surface area contributed by atoms with E-state index in [9.17, 15) is 4.79 Å². The van der Waals surface area contributed by atoms with E-state index in [1.807, 2.05) is 43.3 Å². The minimum Gasteiger partial charge on any atom is -0.493 e. The number of amides is 1. The lowest BCUT2D eigenvalue weighted by Gasteiger charge is -2.16. The Balaban J connectivity index is 2.17. The molecule has 0 spiro atoms. The van der Waals surface area contributed by atoms with Crippen LogP contribution in [0.5, 0.6) is 17.2 Å². The van der Waals surface area contributed by atoms with Crippen LogP contribution in [0, 0.1) is 0 Å². The van der Waals surface area contributed by atoms with Crippen molar-refractivity contribution < 1.29 is 19.0 Å². The van der Waals surface area contributed by atoms with Gasteiger partial charge in [-0.25, -0.2) is 0 Å². The molecule has 1 atom stereocenters. The number of methoxy groups -OCH3 is 3. The molecule has 5 heteroatoms. The lowest BCUT2D eigenvalue weighted by molar-refractivity contribution is -0.117. The summed E-state index contributed by atoms with van der Waals surface area (Å²) in [5.74, 6) is 1.41. The lowest BCUT2D eigenvalue weighted by atomic mass is 10.0. The second kappa shape index (κ2) is 9.51. The minimum atomic E-state index is -0.169. The van der Waals surface area contributed by atoms with Gasteiger partial charge in [0.25, 0.3) is 0 Å². The first-order valence-corrected chi connectivity index (χ1v) is 8.47. The number of hydrogen-bond acceptors (Lipinski definition) is 4. The van der Waals surface area contributed by atoms with E-state index >= 15 is 0 Å². The van der Waals surface area contributed by atoms with E-state index in [1.54, 1.807) is 33.5 Å². The van der Waals surface area contributed by atoms with Gasteiger partial charge >= 0.3 is 0 Å². The molecule has 26 heavy (non-hydrogen) atoms. The molecule has 1 unspecified atom stereocenters. The Bertz CT molecular complexity index is 756. The number of ether oxygens (including phenoxy) is 3. The molecule has 0 saturated heterocycles. The van der Waals surface area contributed by atoms with Crippen LogP contribution < -0.4 is 19.5 Å². The first-order valence-electron chi connectivity index (χ1n) is 8.47. The number of benzene rings is 2. The van der Waals surface area contributed by atoms with Gasteiger partial charge in [-0.05, 0) is 30.2 Å². The predicted molar refractivity (Wildman–Crippen MR) is 103 cm³/mol. The van der Waals surface area contributed by atoms with Gasteiger partial charge in [0.05, 0.1) is 27.4 Å². The number of rotatable bonds is 8. The van der Waals surface area contributed by atoms with Crippen molar-refractivity contribution in [2.75, 3.05) is 21.3 Å². The van der Waals surface area contributed by atoms with Crippen LogP contribution in [0.15, 0.2) is 48.5 Å². The standard InChI is InChI=1S/C21H25NO4/c1-5-17(15-9-7-6-8-10-15)22-19(23)14-12-16-11-13-18(24-2)21(26-4)20(16)25-3/h6-14,17H,5H2,1-4H3,(H,22,23)/b14-12+. The molecule has 0 bridgehead atoms. The van der Waals surface area contributed by atoms with E-state index in [1.165, 1.54) is 6.08 Å². The van der Waals surface area contributed by atoms with Gasteiger partial charge in [-0.15, -0.1) is 0 Å². The minimum absolute atomic E-state index is 0.0272. The molecule has 5 nitrogen and oxygen atoms in total. The summed E-state index contributed by atoms with van der Waals surface area (Å²) in [7, 11) is 4.66. The predicted octanol–water partition coefficient (Wildman–Crippen LogP) is 3.99. The summed E-state index contributed by atoms with van der Waals surface area (Å²) >= 11 is 0. The average molecular weight is 355 g/mol.